The van der Waals surface area contributed by atoms with Crippen LogP contribution < -0.4 is 10.2 Å². The number of nitrogens with zero attached hydrogens (tertiary/aromatic N) is 4. The predicted molar refractivity (Wildman–Crippen MR) is 120 cm³/mol. The molecule has 2 N–H and O–H groups in total. The van der Waals surface area contributed by atoms with E-state index in [0.29, 0.717) is 15.9 Å². The number of hydroxylamine groups is 2. The van der Waals surface area contributed by atoms with Crippen molar-refractivity contribution in [3.8, 4) is 0 Å². The second kappa shape index (κ2) is 9.58. The van der Waals surface area contributed by atoms with Gasteiger partial charge in [-0.15, -0.1) is 0 Å². The Morgan fingerprint density at radius 1 is 1.39 bits per heavy atom. The van der Waals surface area contributed by atoms with Crippen LogP contribution in [0, 0.1) is 0 Å². The molecule has 28 heavy (non-hydrogen) atoms. The van der Waals surface area contributed by atoms with Gasteiger partial charge in [-0.25, -0.2) is 9.80 Å². The summed E-state index contributed by atoms with van der Waals surface area (Å²) in [6.45, 7) is 6.41. The van der Waals surface area contributed by atoms with E-state index >= 15 is 0 Å². The fourth-order valence-electron chi connectivity index (χ4n) is 2.78. The van der Waals surface area contributed by atoms with E-state index in [1.54, 1.807) is 6.21 Å². The number of thioether (sulfide) groups is 1. The maximum absolute atomic E-state index is 12.3. The van der Waals surface area contributed by atoms with Gasteiger partial charge in [-0.1, -0.05) is 49.5 Å². The van der Waals surface area contributed by atoms with Crippen LogP contribution in [0.15, 0.2) is 29.4 Å². The van der Waals surface area contributed by atoms with Crippen LogP contribution in [0.1, 0.15) is 39.2 Å². The minimum absolute atomic E-state index is 0.511. The lowest BCUT2D eigenvalue weighted by molar-refractivity contribution is -0.118. The van der Waals surface area contributed by atoms with Crippen molar-refractivity contribution in [3.05, 3.63) is 29.8 Å². The predicted octanol–water partition coefficient (Wildman–Crippen LogP) is 3.73. The number of anilines is 1. The molecule has 1 saturated heterocycles. The van der Waals surface area contributed by atoms with Crippen molar-refractivity contribution in [1.29, 1.82) is 0 Å². The Morgan fingerprint density at radius 3 is 2.61 bits per heavy atom. The van der Waals surface area contributed by atoms with Crippen molar-refractivity contribution >= 4 is 46.2 Å². The zero-order valence-corrected chi connectivity index (χ0v) is 18.7. The van der Waals surface area contributed by atoms with Gasteiger partial charge in [0.1, 0.15) is 0 Å². The van der Waals surface area contributed by atoms with Crippen LogP contribution in [-0.4, -0.2) is 63.4 Å². The smallest absolute Gasteiger partial charge is 0.343 e. The molecule has 0 spiro atoms. The molecule has 0 saturated carbocycles. The van der Waals surface area contributed by atoms with E-state index in [1.165, 1.54) is 16.8 Å². The third kappa shape index (κ3) is 5.36. The van der Waals surface area contributed by atoms with E-state index in [9.17, 15) is 10.0 Å². The Bertz CT molecular complexity index is 722. The number of carbonyl (C=O) groups is 1. The molecule has 154 valence electrons. The summed E-state index contributed by atoms with van der Waals surface area (Å²) in [4.78, 5) is 14.4. The average molecular weight is 424 g/mol. The molecule has 2 amide bonds. The largest absolute Gasteiger partial charge is 0.378 e. The van der Waals surface area contributed by atoms with E-state index in [4.69, 9.17) is 12.2 Å². The molecule has 1 aliphatic rings. The highest BCUT2D eigenvalue weighted by atomic mass is 32.2. The van der Waals surface area contributed by atoms with Crippen molar-refractivity contribution in [3.63, 3.8) is 0 Å². The van der Waals surface area contributed by atoms with Gasteiger partial charge in [-0.2, -0.15) is 10.2 Å². The molecular weight excluding hydrogens is 394 g/mol. The van der Waals surface area contributed by atoms with E-state index in [-0.39, 0.29) is 0 Å². The van der Waals surface area contributed by atoms with Gasteiger partial charge < -0.3 is 10.2 Å². The molecule has 7 nitrogen and oxygen atoms in total. The van der Waals surface area contributed by atoms with Gasteiger partial charge in [0.2, 0.25) is 0 Å². The van der Waals surface area contributed by atoms with Crippen molar-refractivity contribution in [2.45, 2.75) is 44.5 Å². The lowest BCUT2D eigenvalue weighted by atomic mass is 10.1. The SMILES string of the molecule is CCCCNC(=O)N(O)[C@H]1N(/N=C\c2ccc(N(C)C)cc2)C(=S)SC1(C)C. The Morgan fingerprint density at radius 2 is 2.04 bits per heavy atom. The monoisotopic (exact) mass is 423 g/mol. The van der Waals surface area contributed by atoms with Crippen LogP contribution >= 0.6 is 24.0 Å². The lowest BCUT2D eigenvalue weighted by Gasteiger charge is -2.34. The van der Waals surface area contributed by atoms with Gasteiger partial charge in [0.15, 0.2) is 10.5 Å². The van der Waals surface area contributed by atoms with Crippen molar-refractivity contribution in [1.82, 2.24) is 15.4 Å². The van der Waals surface area contributed by atoms with Gasteiger partial charge in [-0.3, -0.25) is 5.21 Å². The second-order valence-corrected chi connectivity index (χ2v) is 9.64. The molecule has 0 radical (unpaired) electrons. The highest BCUT2D eigenvalue weighted by Gasteiger charge is 2.49. The van der Waals surface area contributed by atoms with Crippen molar-refractivity contribution in [2.75, 3.05) is 25.5 Å². The molecule has 0 aliphatic carbocycles. The average Bonchev–Trinajstić information content (AvgIpc) is 2.87. The first kappa shape index (κ1) is 22.4. The maximum Gasteiger partial charge on any atom is 0.343 e. The van der Waals surface area contributed by atoms with Crippen LogP contribution in [0.5, 0.6) is 0 Å². The first-order chi connectivity index (χ1) is 13.2. The molecule has 1 heterocycles. The summed E-state index contributed by atoms with van der Waals surface area (Å²) in [5, 5.41) is 20.0. The van der Waals surface area contributed by atoms with Crippen LogP contribution in [0.4, 0.5) is 10.5 Å². The number of urea groups is 1. The molecule has 0 bridgehead atoms. The zero-order valence-electron chi connectivity index (χ0n) is 17.0. The van der Waals surface area contributed by atoms with Crippen LogP contribution in [-0.2, 0) is 0 Å². The summed E-state index contributed by atoms with van der Waals surface area (Å²) >= 11 is 6.86. The molecule has 1 aromatic rings. The number of hydrogen-bond donors (Lipinski definition) is 2. The van der Waals surface area contributed by atoms with E-state index in [2.05, 4.69) is 10.4 Å². The van der Waals surface area contributed by atoms with E-state index in [0.717, 1.165) is 24.1 Å². The summed E-state index contributed by atoms with van der Waals surface area (Å²) in [6.07, 6.45) is 2.79. The van der Waals surface area contributed by atoms with Crippen LogP contribution in [0.3, 0.4) is 0 Å². The standard InChI is InChI=1S/C19H29N5O2S2/c1-6-7-12-20-17(25)24(26)16-19(2,3)28-18(27)23(16)21-13-14-8-10-15(11-9-14)22(4)5/h8-11,13,16,26H,6-7,12H2,1-5H3,(H,20,25)/b21-13-/t16-/m1/s1. The molecule has 2 rings (SSSR count). The van der Waals surface area contributed by atoms with Crippen molar-refractivity contribution < 1.29 is 10.0 Å². The molecule has 9 heteroatoms. The Hall–Kier alpha value is -1.84. The molecule has 1 aromatic carbocycles. The molecule has 0 aromatic heterocycles. The van der Waals surface area contributed by atoms with Gasteiger partial charge in [0.25, 0.3) is 0 Å². The normalized spacial score (nSPS) is 18.6. The Labute approximate surface area is 176 Å². The minimum Gasteiger partial charge on any atom is -0.378 e. The zero-order chi connectivity index (χ0) is 20.9. The fraction of sp³-hybridized carbons (Fsp3) is 0.526. The number of amides is 2. The Balaban J connectivity index is 2.17. The number of hydrazone groups is 1. The molecule has 1 atom stereocenters. The second-order valence-electron chi connectivity index (χ2n) is 7.35. The molecule has 1 fully saturated rings. The lowest BCUT2D eigenvalue weighted by Crippen LogP contribution is -2.55. The number of nitrogens with one attached hydrogen (secondary N) is 1. The van der Waals surface area contributed by atoms with E-state index in [1.807, 2.05) is 64.0 Å². The number of carbonyl (C=O) groups excluding carboxylic acids is 1. The fourth-order valence-corrected chi connectivity index (χ4v) is 4.57. The van der Waals surface area contributed by atoms with Crippen LogP contribution in [0.2, 0.25) is 0 Å². The van der Waals surface area contributed by atoms with Gasteiger partial charge in [0, 0.05) is 26.3 Å². The highest BCUT2D eigenvalue weighted by Crippen LogP contribution is 2.42. The third-order valence-corrected chi connectivity index (χ3v) is 5.91. The molecule has 1 aliphatic heterocycles. The number of thiocarbonyl (C=S) groups is 1. The molecule has 0 unspecified atom stereocenters. The Kier molecular flexibility index (Phi) is 7.68. The highest BCUT2D eigenvalue weighted by molar-refractivity contribution is 8.24. The summed E-state index contributed by atoms with van der Waals surface area (Å²) < 4.78 is -0.00313. The number of benzene rings is 1. The summed E-state index contributed by atoms with van der Waals surface area (Å²) in [5.74, 6) is 0. The number of hydrogen-bond acceptors (Lipinski definition) is 6. The van der Waals surface area contributed by atoms with Gasteiger partial charge in [0.05, 0.1) is 11.0 Å². The first-order valence-electron chi connectivity index (χ1n) is 9.27. The summed E-state index contributed by atoms with van der Waals surface area (Å²) in [5.41, 5.74) is 1.99. The third-order valence-electron chi connectivity index (χ3n) is 4.38. The van der Waals surface area contributed by atoms with Crippen LogP contribution in [0.25, 0.3) is 0 Å². The summed E-state index contributed by atoms with van der Waals surface area (Å²) in [7, 11) is 3.97. The van der Waals surface area contributed by atoms with Gasteiger partial charge in [-0.05, 0) is 38.0 Å². The quantitative estimate of drug-likeness (QED) is 0.229. The number of rotatable bonds is 7. The van der Waals surface area contributed by atoms with Crippen molar-refractivity contribution in [2.24, 2.45) is 5.10 Å². The first-order valence-corrected chi connectivity index (χ1v) is 10.5. The summed E-state index contributed by atoms with van der Waals surface area (Å²) in [6, 6.07) is 7.37. The molecular formula is C19H29N5O2S2. The van der Waals surface area contributed by atoms with E-state index < -0.39 is 16.9 Å². The topological polar surface area (TPSA) is 71.4 Å². The number of unbranched alkanes of at least 4 members (excludes halogenated alkanes) is 1. The maximum atomic E-state index is 12.3. The minimum atomic E-state index is -0.705. The van der Waals surface area contributed by atoms with Gasteiger partial charge >= 0.3 is 6.03 Å².